The minimum absolute atomic E-state index is 0.0902. The van der Waals surface area contributed by atoms with Crippen LogP contribution >= 0.6 is 11.3 Å². The zero-order valence-corrected chi connectivity index (χ0v) is 15.1. The molecule has 6 heteroatoms. The van der Waals surface area contributed by atoms with Gasteiger partial charge in [-0.15, -0.1) is 11.3 Å². The van der Waals surface area contributed by atoms with E-state index in [0.717, 1.165) is 22.6 Å². The van der Waals surface area contributed by atoms with Crippen molar-refractivity contribution in [1.82, 2.24) is 14.8 Å². The molecule has 0 aliphatic heterocycles. The maximum atomic E-state index is 12.3. The first-order valence-corrected chi connectivity index (χ1v) is 9.24. The molecule has 1 unspecified atom stereocenters. The lowest BCUT2D eigenvalue weighted by Crippen LogP contribution is -2.23. The number of para-hydroxylation sites is 1. The summed E-state index contributed by atoms with van der Waals surface area (Å²) in [7, 11) is 0. The molecule has 130 valence electrons. The van der Waals surface area contributed by atoms with Crippen molar-refractivity contribution in [3.05, 3.63) is 77.6 Å². The molecule has 0 spiro atoms. The van der Waals surface area contributed by atoms with Gasteiger partial charge in [0.2, 0.25) is 5.91 Å². The topological polar surface area (TPSA) is 59.8 Å². The molecule has 0 saturated carbocycles. The molecule has 1 amide bonds. The molecule has 0 fully saturated rings. The van der Waals surface area contributed by atoms with E-state index in [1.54, 1.807) is 34.5 Å². The fraction of sp³-hybridized carbons (Fsp3) is 0.150. The molecule has 1 atom stereocenters. The number of benzene rings is 2. The molecule has 0 aliphatic carbocycles. The third kappa shape index (κ3) is 3.50. The van der Waals surface area contributed by atoms with Gasteiger partial charge >= 0.3 is 0 Å². The number of carbonyl (C=O) groups is 1. The summed E-state index contributed by atoms with van der Waals surface area (Å²) >= 11 is 1.72. The Hall–Kier alpha value is -2.99. The summed E-state index contributed by atoms with van der Waals surface area (Å²) in [5, 5.41) is 8.13. The van der Waals surface area contributed by atoms with Gasteiger partial charge in [-0.05, 0) is 42.8 Å². The average molecular weight is 362 g/mol. The minimum Gasteiger partial charge on any atom is -0.324 e. The number of rotatable bonds is 5. The van der Waals surface area contributed by atoms with Gasteiger partial charge < -0.3 is 5.32 Å². The Kier molecular flexibility index (Phi) is 4.50. The van der Waals surface area contributed by atoms with Crippen molar-refractivity contribution < 1.29 is 4.79 Å². The SMILES string of the molecule is CC(C(=O)Nc1ccc(Cc2nc3ccccc3s2)cc1)n1cccn1. The van der Waals surface area contributed by atoms with Crippen LogP contribution in [-0.4, -0.2) is 20.7 Å². The van der Waals surface area contributed by atoms with Crippen molar-refractivity contribution in [2.45, 2.75) is 19.4 Å². The van der Waals surface area contributed by atoms with Crippen LogP contribution in [0.5, 0.6) is 0 Å². The molecule has 0 saturated heterocycles. The summed E-state index contributed by atoms with van der Waals surface area (Å²) in [4.78, 5) is 17.0. The third-order valence-corrected chi connectivity index (χ3v) is 5.25. The van der Waals surface area contributed by atoms with Crippen LogP contribution in [0.1, 0.15) is 23.5 Å². The highest BCUT2D eigenvalue weighted by atomic mass is 32.1. The average Bonchev–Trinajstić information content (AvgIpc) is 3.31. The number of nitrogens with one attached hydrogen (secondary N) is 1. The number of thiazole rings is 1. The fourth-order valence-corrected chi connectivity index (χ4v) is 3.75. The second kappa shape index (κ2) is 7.09. The van der Waals surface area contributed by atoms with Crippen LogP contribution in [0.15, 0.2) is 67.0 Å². The Balaban J connectivity index is 1.42. The van der Waals surface area contributed by atoms with E-state index in [1.165, 1.54) is 10.3 Å². The molecular formula is C20H18N4OS. The number of anilines is 1. The molecule has 1 N–H and O–H groups in total. The summed E-state index contributed by atoms with van der Waals surface area (Å²) in [6.45, 7) is 1.82. The summed E-state index contributed by atoms with van der Waals surface area (Å²) in [5.74, 6) is -0.0902. The van der Waals surface area contributed by atoms with Crippen LogP contribution in [0.2, 0.25) is 0 Å². The van der Waals surface area contributed by atoms with Crippen molar-refractivity contribution in [3.63, 3.8) is 0 Å². The van der Waals surface area contributed by atoms with Crippen LogP contribution in [0.3, 0.4) is 0 Å². The minimum atomic E-state index is -0.354. The van der Waals surface area contributed by atoms with Gasteiger partial charge in [-0.1, -0.05) is 24.3 Å². The Labute approximate surface area is 155 Å². The number of hydrogen-bond acceptors (Lipinski definition) is 4. The Morgan fingerprint density at radius 3 is 2.69 bits per heavy atom. The summed E-state index contributed by atoms with van der Waals surface area (Å²) in [6, 6.07) is 17.5. The number of hydrogen-bond donors (Lipinski definition) is 1. The van der Waals surface area contributed by atoms with Crippen LogP contribution < -0.4 is 5.32 Å². The molecule has 5 nitrogen and oxygen atoms in total. The molecule has 0 radical (unpaired) electrons. The molecule has 4 rings (SSSR count). The van der Waals surface area contributed by atoms with Gasteiger partial charge in [-0.2, -0.15) is 5.10 Å². The second-order valence-electron chi connectivity index (χ2n) is 6.10. The highest BCUT2D eigenvalue weighted by Crippen LogP contribution is 2.24. The van der Waals surface area contributed by atoms with E-state index in [2.05, 4.69) is 21.5 Å². The highest BCUT2D eigenvalue weighted by Gasteiger charge is 2.15. The molecule has 0 aliphatic rings. The number of nitrogens with zero attached hydrogens (tertiary/aromatic N) is 3. The van der Waals surface area contributed by atoms with Crippen LogP contribution in [0, 0.1) is 0 Å². The normalized spacial score (nSPS) is 12.2. The van der Waals surface area contributed by atoms with Crippen molar-refractivity contribution in [3.8, 4) is 0 Å². The monoisotopic (exact) mass is 362 g/mol. The van der Waals surface area contributed by atoms with Crippen LogP contribution in [0.25, 0.3) is 10.2 Å². The van der Waals surface area contributed by atoms with Gasteiger partial charge in [0.15, 0.2) is 0 Å². The zero-order valence-electron chi connectivity index (χ0n) is 14.3. The van der Waals surface area contributed by atoms with Gasteiger partial charge in [-0.25, -0.2) is 4.98 Å². The Morgan fingerprint density at radius 1 is 1.15 bits per heavy atom. The number of carbonyl (C=O) groups excluding carboxylic acids is 1. The first-order valence-electron chi connectivity index (χ1n) is 8.42. The van der Waals surface area contributed by atoms with Crippen molar-refractivity contribution in [2.24, 2.45) is 0 Å². The molecule has 2 aromatic heterocycles. The summed E-state index contributed by atoms with van der Waals surface area (Å²) in [5.41, 5.74) is 2.99. The van der Waals surface area contributed by atoms with E-state index in [1.807, 2.05) is 49.4 Å². The zero-order chi connectivity index (χ0) is 17.9. The second-order valence-corrected chi connectivity index (χ2v) is 7.22. The number of fused-ring (bicyclic) bond motifs is 1. The predicted molar refractivity (Wildman–Crippen MR) is 104 cm³/mol. The lowest BCUT2D eigenvalue weighted by molar-refractivity contribution is -0.119. The van der Waals surface area contributed by atoms with E-state index in [4.69, 9.17) is 0 Å². The summed E-state index contributed by atoms with van der Waals surface area (Å²) in [6.07, 6.45) is 4.24. The molecule has 0 bridgehead atoms. The molecule has 2 aromatic carbocycles. The molecule has 26 heavy (non-hydrogen) atoms. The number of aromatic nitrogens is 3. The van der Waals surface area contributed by atoms with E-state index < -0.39 is 0 Å². The van der Waals surface area contributed by atoms with Crippen molar-refractivity contribution in [1.29, 1.82) is 0 Å². The number of amides is 1. The third-order valence-electron chi connectivity index (χ3n) is 4.22. The van der Waals surface area contributed by atoms with Gasteiger partial charge in [0.05, 0.1) is 15.2 Å². The molecule has 4 aromatic rings. The highest BCUT2D eigenvalue weighted by molar-refractivity contribution is 7.18. The van der Waals surface area contributed by atoms with E-state index in [-0.39, 0.29) is 11.9 Å². The van der Waals surface area contributed by atoms with E-state index >= 15 is 0 Å². The van der Waals surface area contributed by atoms with Gasteiger partial charge in [0.25, 0.3) is 0 Å². The quantitative estimate of drug-likeness (QED) is 0.576. The predicted octanol–water partition coefficient (Wildman–Crippen LogP) is 4.28. The Bertz CT molecular complexity index is 989. The lowest BCUT2D eigenvalue weighted by Gasteiger charge is -2.12. The van der Waals surface area contributed by atoms with Gasteiger partial charge in [-0.3, -0.25) is 9.48 Å². The van der Waals surface area contributed by atoms with E-state index in [9.17, 15) is 4.79 Å². The fourth-order valence-electron chi connectivity index (χ4n) is 2.75. The van der Waals surface area contributed by atoms with E-state index in [0.29, 0.717) is 0 Å². The van der Waals surface area contributed by atoms with Crippen molar-refractivity contribution in [2.75, 3.05) is 5.32 Å². The van der Waals surface area contributed by atoms with Gasteiger partial charge in [0, 0.05) is 24.5 Å². The first-order chi connectivity index (χ1) is 12.7. The largest absolute Gasteiger partial charge is 0.324 e. The first kappa shape index (κ1) is 16.5. The van der Waals surface area contributed by atoms with Gasteiger partial charge in [0.1, 0.15) is 6.04 Å². The standard InChI is InChI=1S/C20H18N4OS/c1-14(24-12-4-11-21-24)20(25)22-16-9-7-15(8-10-16)13-19-23-17-5-2-3-6-18(17)26-19/h2-12,14H,13H2,1H3,(H,22,25). The summed E-state index contributed by atoms with van der Waals surface area (Å²) < 4.78 is 2.84. The lowest BCUT2D eigenvalue weighted by atomic mass is 10.1. The maximum Gasteiger partial charge on any atom is 0.248 e. The smallest absolute Gasteiger partial charge is 0.248 e. The van der Waals surface area contributed by atoms with Crippen molar-refractivity contribution >= 4 is 33.1 Å². The van der Waals surface area contributed by atoms with Crippen LogP contribution in [-0.2, 0) is 11.2 Å². The van der Waals surface area contributed by atoms with Crippen LogP contribution in [0.4, 0.5) is 5.69 Å². The molecule has 2 heterocycles. The Morgan fingerprint density at radius 2 is 1.96 bits per heavy atom. The molecular weight excluding hydrogens is 344 g/mol. The maximum absolute atomic E-state index is 12.3.